The van der Waals surface area contributed by atoms with Crippen LogP contribution in [0.15, 0.2) is 94.9 Å². The van der Waals surface area contributed by atoms with Gasteiger partial charge in [0.2, 0.25) is 0 Å². The van der Waals surface area contributed by atoms with Gasteiger partial charge in [-0.05, 0) is 63.2 Å². The Kier molecular flexibility index (Phi) is 7.80. The van der Waals surface area contributed by atoms with Crippen LogP contribution in [0.3, 0.4) is 0 Å². The second-order valence-electron chi connectivity index (χ2n) is 8.57. The summed E-state index contributed by atoms with van der Waals surface area (Å²) in [6, 6.07) is 24.5. The summed E-state index contributed by atoms with van der Waals surface area (Å²) >= 11 is 6.38. The first kappa shape index (κ1) is 26.2. The fraction of sp³-hybridized carbons (Fsp3) is 0.143. The van der Waals surface area contributed by atoms with Crippen molar-refractivity contribution in [2.45, 2.75) is 25.7 Å². The Bertz CT molecular complexity index is 1550. The summed E-state index contributed by atoms with van der Waals surface area (Å²) in [7, 11) is -3.98. The number of hydrogen-bond acceptors (Lipinski definition) is 4. The predicted octanol–water partition coefficient (Wildman–Crippen LogP) is 5.40. The number of aromatic nitrogens is 1. The monoisotopic (exact) mass is 534 g/mol. The Morgan fingerprint density at radius 3 is 2.30 bits per heavy atom. The van der Waals surface area contributed by atoms with E-state index >= 15 is 0 Å². The van der Waals surface area contributed by atoms with Gasteiger partial charge in [-0.2, -0.15) is 5.10 Å². The molecule has 1 amide bonds. The zero-order chi connectivity index (χ0) is 26.6. The van der Waals surface area contributed by atoms with E-state index < -0.39 is 22.5 Å². The number of nitrogens with zero attached hydrogens (tertiary/aromatic N) is 3. The molecule has 1 aromatic heterocycles. The number of sulfonamides is 1. The third-order valence-corrected chi connectivity index (χ3v) is 8.00. The van der Waals surface area contributed by atoms with Crippen molar-refractivity contribution in [3.05, 3.63) is 112 Å². The van der Waals surface area contributed by atoms with Gasteiger partial charge in [0.05, 0.1) is 27.5 Å². The van der Waals surface area contributed by atoms with Gasteiger partial charge in [0.25, 0.3) is 15.9 Å². The van der Waals surface area contributed by atoms with Crippen molar-refractivity contribution in [1.29, 1.82) is 0 Å². The number of benzene rings is 3. The highest BCUT2D eigenvalue weighted by molar-refractivity contribution is 7.92. The van der Waals surface area contributed by atoms with Gasteiger partial charge in [-0.3, -0.25) is 9.10 Å². The number of aryl methyl sites for hydroxylation is 2. The topological polar surface area (TPSA) is 83.8 Å². The van der Waals surface area contributed by atoms with Crippen LogP contribution in [0.5, 0.6) is 0 Å². The normalized spacial score (nSPS) is 11.6. The Morgan fingerprint density at radius 1 is 0.973 bits per heavy atom. The summed E-state index contributed by atoms with van der Waals surface area (Å²) in [5, 5.41) is 4.72. The van der Waals surface area contributed by atoms with Crippen LogP contribution in [0.2, 0.25) is 5.02 Å². The molecule has 37 heavy (non-hydrogen) atoms. The highest BCUT2D eigenvalue weighted by Gasteiger charge is 2.27. The predicted molar refractivity (Wildman–Crippen MR) is 148 cm³/mol. The van der Waals surface area contributed by atoms with Gasteiger partial charge in [-0.1, -0.05) is 59.6 Å². The number of rotatable bonds is 8. The number of para-hydroxylation sites is 1. The van der Waals surface area contributed by atoms with Crippen molar-refractivity contribution in [2.24, 2.45) is 5.10 Å². The average molecular weight is 535 g/mol. The zero-order valence-electron chi connectivity index (χ0n) is 20.7. The second-order valence-corrected chi connectivity index (χ2v) is 10.8. The van der Waals surface area contributed by atoms with E-state index in [9.17, 15) is 13.2 Å². The summed E-state index contributed by atoms with van der Waals surface area (Å²) in [5.41, 5.74) is 7.33. The van der Waals surface area contributed by atoms with E-state index in [1.807, 2.05) is 55.7 Å². The molecule has 1 heterocycles. The van der Waals surface area contributed by atoms with Crippen LogP contribution in [-0.4, -0.2) is 31.7 Å². The Morgan fingerprint density at radius 2 is 1.62 bits per heavy atom. The molecule has 0 atom stereocenters. The molecule has 0 radical (unpaired) electrons. The van der Waals surface area contributed by atoms with Crippen LogP contribution in [0.25, 0.3) is 5.69 Å². The number of anilines is 1. The number of hydrazone groups is 1. The van der Waals surface area contributed by atoms with Gasteiger partial charge in [0, 0.05) is 17.0 Å². The molecular weight excluding hydrogens is 508 g/mol. The minimum Gasteiger partial charge on any atom is -0.316 e. The van der Waals surface area contributed by atoms with Gasteiger partial charge in [0.1, 0.15) is 6.54 Å². The number of amides is 1. The number of hydrogen-bond donors (Lipinski definition) is 1. The molecule has 4 aromatic rings. The highest BCUT2D eigenvalue weighted by Crippen LogP contribution is 2.26. The van der Waals surface area contributed by atoms with Crippen molar-refractivity contribution in [2.75, 3.05) is 10.8 Å². The molecule has 7 nitrogen and oxygen atoms in total. The van der Waals surface area contributed by atoms with Crippen molar-refractivity contribution >= 4 is 39.4 Å². The molecule has 9 heteroatoms. The third-order valence-electron chi connectivity index (χ3n) is 5.90. The van der Waals surface area contributed by atoms with E-state index in [-0.39, 0.29) is 4.90 Å². The Labute approximate surface area is 222 Å². The Balaban J connectivity index is 1.55. The van der Waals surface area contributed by atoms with Crippen LogP contribution < -0.4 is 9.73 Å². The van der Waals surface area contributed by atoms with Crippen LogP contribution in [0.4, 0.5) is 5.69 Å². The minimum atomic E-state index is -3.98. The molecule has 0 saturated heterocycles. The molecule has 190 valence electrons. The maximum Gasteiger partial charge on any atom is 0.264 e. The minimum absolute atomic E-state index is 0.0962. The van der Waals surface area contributed by atoms with Gasteiger partial charge in [-0.25, -0.2) is 13.8 Å². The lowest BCUT2D eigenvalue weighted by molar-refractivity contribution is -0.119. The lowest BCUT2D eigenvalue weighted by Crippen LogP contribution is -2.39. The summed E-state index contributed by atoms with van der Waals surface area (Å²) < 4.78 is 29.9. The van der Waals surface area contributed by atoms with E-state index in [0.717, 1.165) is 32.5 Å². The fourth-order valence-electron chi connectivity index (χ4n) is 4.01. The van der Waals surface area contributed by atoms with Gasteiger partial charge < -0.3 is 4.57 Å². The standard InChI is InChI=1S/C28H27ClN4O3S/c1-20-13-15-24(16-14-20)32(37(35,36)25-9-5-4-6-10-25)19-28(34)31-30-18-23-17-21(2)33(22(23)3)27-12-8-7-11-26(27)29/h4-18H,19H2,1-3H3,(H,31,34)/b30-18+. The smallest absolute Gasteiger partial charge is 0.264 e. The van der Waals surface area contributed by atoms with Crippen molar-refractivity contribution < 1.29 is 13.2 Å². The summed E-state index contributed by atoms with van der Waals surface area (Å²) in [6.07, 6.45) is 1.54. The number of carbonyl (C=O) groups excluding carboxylic acids is 1. The summed E-state index contributed by atoms with van der Waals surface area (Å²) in [6.45, 7) is 5.37. The number of halogens is 1. The largest absolute Gasteiger partial charge is 0.316 e. The SMILES string of the molecule is Cc1ccc(N(CC(=O)N/N=C/c2cc(C)n(-c3ccccc3Cl)c2C)S(=O)(=O)c2ccccc2)cc1. The van der Waals surface area contributed by atoms with Crippen molar-refractivity contribution in [3.63, 3.8) is 0 Å². The van der Waals surface area contributed by atoms with Gasteiger partial charge >= 0.3 is 0 Å². The van der Waals surface area contributed by atoms with Crippen LogP contribution >= 0.6 is 11.6 Å². The number of nitrogens with one attached hydrogen (secondary N) is 1. The lowest BCUT2D eigenvalue weighted by atomic mass is 10.2. The quantitative estimate of drug-likeness (QED) is 0.242. The van der Waals surface area contributed by atoms with E-state index in [4.69, 9.17) is 11.6 Å². The molecule has 0 aliphatic carbocycles. The third kappa shape index (κ3) is 5.76. The van der Waals surface area contributed by atoms with Crippen LogP contribution in [-0.2, 0) is 14.8 Å². The van der Waals surface area contributed by atoms with Crippen LogP contribution in [0.1, 0.15) is 22.5 Å². The first-order valence-corrected chi connectivity index (χ1v) is 13.4. The molecule has 0 aliphatic heterocycles. The summed E-state index contributed by atoms with van der Waals surface area (Å²) in [4.78, 5) is 12.9. The molecular formula is C28H27ClN4O3S. The maximum absolute atomic E-state index is 13.4. The van der Waals surface area contributed by atoms with Gasteiger partial charge in [-0.15, -0.1) is 0 Å². The first-order chi connectivity index (χ1) is 17.7. The molecule has 0 spiro atoms. The maximum atomic E-state index is 13.4. The number of carbonyl (C=O) groups is 1. The fourth-order valence-corrected chi connectivity index (χ4v) is 5.67. The van der Waals surface area contributed by atoms with Crippen LogP contribution in [0, 0.1) is 20.8 Å². The zero-order valence-corrected chi connectivity index (χ0v) is 22.3. The second kappa shape index (κ2) is 11.0. The van der Waals surface area contributed by atoms with E-state index in [1.165, 1.54) is 18.3 Å². The Hall–Kier alpha value is -3.88. The molecule has 4 rings (SSSR count). The molecule has 1 N–H and O–H groups in total. The van der Waals surface area contributed by atoms with Crippen molar-refractivity contribution in [3.8, 4) is 5.69 Å². The van der Waals surface area contributed by atoms with Crippen molar-refractivity contribution in [1.82, 2.24) is 9.99 Å². The molecule has 0 unspecified atom stereocenters. The molecule has 0 aliphatic rings. The lowest BCUT2D eigenvalue weighted by Gasteiger charge is -2.23. The summed E-state index contributed by atoms with van der Waals surface area (Å²) in [5.74, 6) is -0.573. The molecule has 0 bridgehead atoms. The average Bonchev–Trinajstić information content (AvgIpc) is 3.16. The van der Waals surface area contributed by atoms with E-state index in [0.29, 0.717) is 10.7 Å². The highest BCUT2D eigenvalue weighted by atomic mass is 35.5. The molecule has 0 fully saturated rings. The van der Waals surface area contributed by atoms with E-state index in [2.05, 4.69) is 10.5 Å². The van der Waals surface area contributed by atoms with E-state index in [1.54, 1.807) is 42.5 Å². The first-order valence-electron chi connectivity index (χ1n) is 11.6. The molecule has 0 saturated carbocycles. The molecule has 3 aromatic carbocycles. The van der Waals surface area contributed by atoms with Gasteiger partial charge in [0.15, 0.2) is 0 Å².